The number of nitrogens with zero attached hydrogens (tertiary/aromatic N) is 2. The van der Waals surface area contributed by atoms with Crippen molar-refractivity contribution in [1.29, 1.82) is 0 Å². The largest absolute Gasteiger partial charge is 0.439 e. The number of allylic oxidation sites excluding steroid dienone is 1. The second-order valence-corrected chi connectivity index (χ2v) is 7.16. The fourth-order valence-corrected chi connectivity index (χ4v) is 3.48. The molecule has 7 heteroatoms. The Morgan fingerprint density at radius 2 is 2.08 bits per heavy atom. The van der Waals surface area contributed by atoms with Crippen molar-refractivity contribution in [3.63, 3.8) is 0 Å². The molecule has 2 unspecified atom stereocenters. The molecular formula is C19H19FN2O3S. The van der Waals surface area contributed by atoms with Crippen LogP contribution in [0.1, 0.15) is 42.1 Å². The summed E-state index contributed by atoms with van der Waals surface area (Å²) in [6, 6.07) is 8.82. The Kier molecular flexibility index (Phi) is 5.46. The Balaban J connectivity index is 1.62. The molecule has 1 aliphatic rings. The van der Waals surface area contributed by atoms with Gasteiger partial charge in [-0.25, -0.2) is 19.1 Å². The van der Waals surface area contributed by atoms with Gasteiger partial charge in [0.25, 0.3) is 0 Å². The standard InChI is InChI=1S/C19H19FN2O3S/c1-12-18(14-6-4-3-5-7-14)25-19(24)22(12)17(23)9-8-15(20)10-16-11-26-13(2)21-16/h3-7,10-12,18H,8-9H2,1-2H3/b15-10-. The topological polar surface area (TPSA) is 59.5 Å². The van der Waals surface area contributed by atoms with Gasteiger partial charge in [-0.2, -0.15) is 0 Å². The highest BCUT2D eigenvalue weighted by Gasteiger charge is 2.42. The number of cyclic esters (lactones) is 1. The van der Waals surface area contributed by atoms with Crippen LogP contribution in [-0.4, -0.2) is 27.9 Å². The zero-order valence-electron chi connectivity index (χ0n) is 14.5. The highest BCUT2D eigenvalue weighted by Crippen LogP contribution is 2.33. The number of aryl methyl sites for hydroxylation is 1. The fourth-order valence-electron chi connectivity index (χ4n) is 2.91. The predicted molar refractivity (Wildman–Crippen MR) is 97.1 cm³/mol. The van der Waals surface area contributed by atoms with Gasteiger partial charge in [-0.05, 0) is 25.5 Å². The lowest BCUT2D eigenvalue weighted by Crippen LogP contribution is -2.37. The molecule has 0 spiro atoms. The number of halogens is 1. The molecule has 1 saturated heterocycles. The average molecular weight is 374 g/mol. The average Bonchev–Trinajstić information content (AvgIpc) is 3.16. The van der Waals surface area contributed by atoms with Crippen molar-refractivity contribution in [2.24, 2.45) is 0 Å². The number of carbonyl (C=O) groups excluding carboxylic acids is 2. The van der Waals surface area contributed by atoms with Crippen LogP contribution in [0, 0.1) is 6.92 Å². The first kappa shape index (κ1) is 18.3. The molecule has 0 aliphatic carbocycles. The fraction of sp³-hybridized carbons (Fsp3) is 0.316. The van der Waals surface area contributed by atoms with Gasteiger partial charge in [-0.3, -0.25) is 4.79 Å². The van der Waals surface area contributed by atoms with Crippen LogP contribution < -0.4 is 0 Å². The molecule has 2 amide bonds. The number of rotatable bonds is 5. The molecule has 0 bridgehead atoms. The van der Waals surface area contributed by atoms with E-state index < -0.39 is 30.0 Å². The predicted octanol–water partition coefficient (Wildman–Crippen LogP) is 4.65. The van der Waals surface area contributed by atoms with Crippen molar-refractivity contribution >= 4 is 29.4 Å². The maximum atomic E-state index is 14.0. The van der Waals surface area contributed by atoms with Crippen LogP contribution in [0.2, 0.25) is 0 Å². The Bertz CT molecular complexity index is 834. The van der Waals surface area contributed by atoms with E-state index in [4.69, 9.17) is 4.74 Å². The van der Waals surface area contributed by atoms with Gasteiger partial charge in [-0.15, -0.1) is 11.3 Å². The Hall–Kier alpha value is -2.54. The minimum absolute atomic E-state index is 0.0814. The zero-order chi connectivity index (χ0) is 18.7. The normalized spacial score (nSPS) is 20.3. The molecule has 0 radical (unpaired) electrons. The lowest BCUT2D eigenvalue weighted by Gasteiger charge is -2.19. The lowest BCUT2D eigenvalue weighted by molar-refractivity contribution is -0.129. The molecule has 136 valence electrons. The highest BCUT2D eigenvalue weighted by molar-refractivity contribution is 7.09. The van der Waals surface area contributed by atoms with Gasteiger partial charge in [0.05, 0.1) is 16.7 Å². The van der Waals surface area contributed by atoms with Gasteiger partial charge >= 0.3 is 6.09 Å². The minimum Gasteiger partial charge on any atom is -0.439 e. The molecule has 26 heavy (non-hydrogen) atoms. The Morgan fingerprint density at radius 3 is 2.73 bits per heavy atom. The number of aromatic nitrogens is 1. The number of ether oxygens (including phenoxy) is 1. The Labute approximate surface area is 155 Å². The third kappa shape index (κ3) is 3.99. The van der Waals surface area contributed by atoms with Crippen LogP contribution >= 0.6 is 11.3 Å². The van der Waals surface area contributed by atoms with E-state index in [-0.39, 0.29) is 12.8 Å². The number of thiazole rings is 1. The van der Waals surface area contributed by atoms with E-state index in [0.29, 0.717) is 5.69 Å². The third-order valence-corrected chi connectivity index (χ3v) is 4.98. The summed E-state index contributed by atoms with van der Waals surface area (Å²) in [4.78, 5) is 29.8. The second kappa shape index (κ2) is 7.78. The van der Waals surface area contributed by atoms with E-state index in [1.165, 1.54) is 17.4 Å². The van der Waals surface area contributed by atoms with Gasteiger partial charge in [-0.1, -0.05) is 30.3 Å². The first-order valence-electron chi connectivity index (χ1n) is 8.31. The molecule has 5 nitrogen and oxygen atoms in total. The molecule has 0 N–H and O–H groups in total. The maximum Gasteiger partial charge on any atom is 0.417 e. The zero-order valence-corrected chi connectivity index (χ0v) is 15.3. The summed E-state index contributed by atoms with van der Waals surface area (Å²) < 4.78 is 19.4. The molecule has 1 aliphatic heterocycles. The van der Waals surface area contributed by atoms with Gasteiger partial charge in [0.1, 0.15) is 11.9 Å². The second-order valence-electron chi connectivity index (χ2n) is 6.10. The van der Waals surface area contributed by atoms with Crippen LogP contribution in [-0.2, 0) is 9.53 Å². The monoisotopic (exact) mass is 374 g/mol. The number of benzene rings is 1. The molecule has 2 heterocycles. The van der Waals surface area contributed by atoms with Crippen LogP contribution in [0.15, 0.2) is 41.5 Å². The van der Waals surface area contributed by atoms with E-state index >= 15 is 0 Å². The van der Waals surface area contributed by atoms with Crippen LogP contribution in [0.25, 0.3) is 6.08 Å². The lowest BCUT2D eigenvalue weighted by atomic mass is 10.0. The molecule has 2 atom stereocenters. The summed E-state index contributed by atoms with van der Waals surface area (Å²) in [5, 5.41) is 2.60. The van der Waals surface area contributed by atoms with E-state index in [1.54, 1.807) is 12.3 Å². The molecule has 1 fully saturated rings. The molecule has 3 rings (SSSR count). The number of hydrogen-bond acceptors (Lipinski definition) is 5. The van der Waals surface area contributed by atoms with Crippen LogP contribution in [0.3, 0.4) is 0 Å². The Morgan fingerprint density at radius 1 is 1.35 bits per heavy atom. The molecule has 1 aromatic heterocycles. The van der Waals surface area contributed by atoms with E-state index in [9.17, 15) is 14.0 Å². The molecule has 0 saturated carbocycles. The van der Waals surface area contributed by atoms with Crippen LogP contribution in [0.5, 0.6) is 0 Å². The van der Waals surface area contributed by atoms with E-state index in [2.05, 4.69) is 4.98 Å². The van der Waals surface area contributed by atoms with Gasteiger partial charge in [0.15, 0.2) is 0 Å². The van der Waals surface area contributed by atoms with Gasteiger partial charge in [0.2, 0.25) is 5.91 Å². The summed E-state index contributed by atoms with van der Waals surface area (Å²) in [7, 11) is 0. The van der Waals surface area contributed by atoms with Crippen molar-refractivity contribution in [2.45, 2.75) is 38.8 Å². The van der Waals surface area contributed by atoms with Crippen molar-refractivity contribution in [3.05, 3.63) is 57.8 Å². The summed E-state index contributed by atoms with van der Waals surface area (Å²) in [6.07, 6.45) is -0.0641. The first-order valence-corrected chi connectivity index (χ1v) is 9.19. The summed E-state index contributed by atoms with van der Waals surface area (Å²) in [5.74, 6) is -0.887. The van der Waals surface area contributed by atoms with Crippen molar-refractivity contribution in [2.75, 3.05) is 0 Å². The van der Waals surface area contributed by atoms with E-state index in [1.807, 2.05) is 37.3 Å². The molecule has 2 aromatic rings. The number of carbonyl (C=O) groups is 2. The van der Waals surface area contributed by atoms with Crippen molar-refractivity contribution in [1.82, 2.24) is 9.88 Å². The smallest absolute Gasteiger partial charge is 0.417 e. The van der Waals surface area contributed by atoms with Crippen molar-refractivity contribution < 1.29 is 18.7 Å². The number of amides is 2. The SMILES string of the molecule is Cc1nc(/C=C(\F)CCC(=O)N2C(=O)OC(c3ccccc3)C2C)cs1. The summed E-state index contributed by atoms with van der Waals surface area (Å²) >= 11 is 1.43. The van der Waals surface area contributed by atoms with Crippen LogP contribution in [0.4, 0.5) is 9.18 Å². The van der Waals surface area contributed by atoms with E-state index in [0.717, 1.165) is 15.5 Å². The van der Waals surface area contributed by atoms with Crippen molar-refractivity contribution in [3.8, 4) is 0 Å². The third-order valence-electron chi connectivity index (χ3n) is 4.19. The highest BCUT2D eigenvalue weighted by atomic mass is 32.1. The quantitative estimate of drug-likeness (QED) is 0.764. The molecule has 1 aromatic carbocycles. The summed E-state index contributed by atoms with van der Waals surface area (Å²) in [6.45, 7) is 3.59. The molecular weight excluding hydrogens is 355 g/mol. The number of imide groups is 1. The minimum atomic E-state index is -0.684. The maximum absolute atomic E-state index is 14.0. The first-order chi connectivity index (χ1) is 12.5. The number of hydrogen-bond donors (Lipinski definition) is 0. The van der Waals surface area contributed by atoms with Gasteiger partial charge in [0, 0.05) is 18.2 Å². The van der Waals surface area contributed by atoms with Gasteiger partial charge < -0.3 is 4.74 Å². The summed E-state index contributed by atoms with van der Waals surface area (Å²) in [5.41, 5.74) is 1.36.